The zero-order chi connectivity index (χ0) is 24.3. The van der Waals surface area contributed by atoms with Gasteiger partial charge >= 0.3 is 0 Å². The molecule has 3 aromatic heterocycles. The minimum atomic E-state index is 0.654. The third kappa shape index (κ3) is 3.14. The van der Waals surface area contributed by atoms with E-state index in [9.17, 15) is 0 Å². The predicted molar refractivity (Wildman–Crippen MR) is 153 cm³/mol. The van der Waals surface area contributed by atoms with Gasteiger partial charge in [0.2, 0.25) is 5.71 Å². The van der Waals surface area contributed by atoms with Gasteiger partial charge in [0.25, 0.3) is 0 Å². The van der Waals surface area contributed by atoms with Gasteiger partial charge in [0.05, 0.1) is 5.52 Å². The van der Waals surface area contributed by atoms with Crippen molar-refractivity contribution in [2.75, 3.05) is 0 Å². The third-order valence-corrected chi connectivity index (χ3v) is 7.31. The van der Waals surface area contributed by atoms with Crippen molar-refractivity contribution in [2.45, 2.75) is 0 Å². The number of nitrogens with zero attached hydrogens (tertiary/aromatic N) is 2. The molecule has 8 aromatic rings. The first-order valence-corrected chi connectivity index (χ1v) is 12.4. The van der Waals surface area contributed by atoms with Crippen LogP contribution in [0.15, 0.2) is 126 Å². The number of fused-ring (bicyclic) bond motifs is 6. The number of hydrogen-bond acceptors (Lipinski definition) is 3. The molecule has 37 heavy (non-hydrogen) atoms. The molecule has 5 aromatic carbocycles. The summed E-state index contributed by atoms with van der Waals surface area (Å²) in [5, 5.41) is 8.11. The normalized spacial score (nSPS) is 11.8. The molecule has 0 amide bonds. The predicted octanol–water partition coefficient (Wildman–Crippen LogP) is 9.17. The Morgan fingerprint density at radius 1 is 0.514 bits per heavy atom. The molecular formula is C34H20N2O. The number of rotatable bonds is 2. The van der Waals surface area contributed by atoms with Crippen LogP contribution in [0.5, 0.6) is 0 Å². The van der Waals surface area contributed by atoms with Crippen molar-refractivity contribution in [3.8, 4) is 22.3 Å². The summed E-state index contributed by atoms with van der Waals surface area (Å²) in [7, 11) is 0. The van der Waals surface area contributed by atoms with Crippen LogP contribution in [0.2, 0.25) is 0 Å². The van der Waals surface area contributed by atoms with Crippen molar-refractivity contribution >= 4 is 54.5 Å². The maximum atomic E-state index is 6.22. The molecule has 0 spiro atoms. The van der Waals surface area contributed by atoms with E-state index in [0.717, 1.165) is 38.4 Å². The second kappa shape index (κ2) is 7.74. The fraction of sp³-hybridized carbons (Fsp3) is 0. The standard InChI is InChI=1S/C34H20N2O/c1-3-10-27-23(6-1)17-24-7-2-4-11-28(24)33(27)25-9-5-8-21(16-25)22-12-13-29-30-18-26-20-35-15-14-31(26)36-34(30)37-32(29)19-22/h1-20H. The summed E-state index contributed by atoms with van der Waals surface area (Å²) in [5.74, 6) is 0. The van der Waals surface area contributed by atoms with Crippen molar-refractivity contribution in [1.29, 1.82) is 0 Å². The molecule has 0 fully saturated rings. The van der Waals surface area contributed by atoms with E-state index in [-0.39, 0.29) is 0 Å². The van der Waals surface area contributed by atoms with E-state index < -0.39 is 0 Å². The zero-order valence-electron chi connectivity index (χ0n) is 19.8. The Morgan fingerprint density at radius 3 is 2.11 bits per heavy atom. The van der Waals surface area contributed by atoms with Gasteiger partial charge in [0, 0.05) is 28.6 Å². The molecule has 0 aliphatic carbocycles. The summed E-state index contributed by atoms with van der Waals surface area (Å²) in [5.41, 5.74) is 7.12. The van der Waals surface area contributed by atoms with Crippen LogP contribution in [-0.2, 0) is 0 Å². The highest BCUT2D eigenvalue weighted by Gasteiger charge is 2.13. The Kier molecular flexibility index (Phi) is 4.23. The summed E-state index contributed by atoms with van der Waals surface area (Å²) in [6.07, 6.45) is 3.60. The Bertz CT molecular complexity index is 2100. The monoisotopic (exact) mass is 472 g/mol. The zero-order valence-corrected chi connectivity index (χ0v) is 19.8. The Morgan fingerprint density at radius 2 is 1.27 bits per heavy atom. The summed E-state index contributed by atoms with van der Waals surface area (Å²) in [4.78, 5) is 8.96. The quantitative estimate of drug-likeness (QED) is 0.235. The van der Waals surface area contributed by atoms with E-state index in [1.54, 1.807) is 6.20 Å². The van der Waals surface area contributed by atoms with Crippen LogP contribution in [0.4, 0.5) is 0 Å². The van der Waals surface area contributed by atoms with E-state index in [1.807, 2.05) is 12.3 Å². The second-order valence-electron chi connectivity index (χ2n) is 9.50. The minimum absolute atomic E-state index is 0.654. The fourth-order valence-corrected chi connectivity index (χ4v) is 5.56. The van der Waals surface area contributed by atoms with Gasteiger partial charge in [-0.05, 0) is 80.2 Å². The van der Waals surface area contributed by atoms with Crippen molar-refractivity contribution < 1.29 is 4.42 Å². The van der Waals surface area contributed by atoms with E-state index in [2.05, 4.69) is 108 Å². The van der Waals surface area contributed by atoms with Crippen molar-refractivity contribution in [2.24, 2.45) is 0 Å². The van der Waals surface area contributed by atoms with Gasteiger partial charge < -0.3 is 4.42 Å². The number of hydrogen-bond donors (Lipinski definition) is 0. The molecule has 0 saturated carbocycles. The molecule has 0 aliphatic heterocycles. The summed E-state index contributed by atoms with van der Waals surface area (Å²) >= 11 is 0. The minimum Gasteiger partial charge on any atom is -0.438 e. The highest BCUT2D eigenvalue weighted by Crippen LogP contribution is 2.39. The lowest BCUT2D eigenvalue weighted by Gasteiger charge is -2.13. The van der Waals surface area contributed by atoms with Gasteiger partial charge in [-0.15, -0.1) is 0 Å². The van der Waals surface area contributed by atoms with Gasteiger partial charge in [0.1, 0.15) is 5.58 Å². The first-order valence-electron chi connectivity index (χ1n) is 12.4. The fourth-order valence-electron chi connectivity index (χ4n) is 5.56. The van der Waals surface area contributed by atoms with E-state index in [1.165, 1.54) is 32.7 Å². The average Bonchev–Trinajstić information content (AvgIpc) is 3.31. The highest BCUT2D eigenvalue weighted by atomic mass is 16.3. The third-order valence-electron chi connectivity index (χ3n) is 7.31. The Balaban J connectivity index is 1.32. The Hall–Kier alpha value is -5.02. The average molecular weight is 473 g/mol. The van der Waals surface area contributed by atoms with Gasteiger partial charge in [-0.2, -0.15) is 0 Å². The summed E-state index contributed by atoms with van der Waals surface area (Å²) in [6.45, 7) is 0. The Labute approximate surface area is 212 Å². The molecule has 0 aliphatic rings. The van der Waals surface area contributed by atoms with E-state index in [0.29, 0.717) is 5.71 Å². The van der Waals surface area contributed by atoms with E-state index >= 15 is 0 Å². The van der Waals surface area contributed by atoms with Crippen LogP contribution in [0.3, 0.4) is 0 Å². The van der Waals surface area contributed by atoms with Gasteiger partial charge in [-0.25, -0.2) is 4.98 Å². The van der Waals surface area contributed by atoms with E-state index in [4.69, 9.17) is 9.40 Å². The number of aromatic nitrogens is 2. The topological polar surface area (TPSA) is 38.9 Å². The van der Waals surface area contributed by atoms with Crippen molar-refractivity contribution in [3.63, 3.8) is 0 Å². The van der Waals surface area contributed by atoms with Crippen LogP contribution in [0.25, 0.3) is 76.8 Å². The number of furan rings is 1. The van der Waals surface area contributed by atoms with Gasteiger partial charge in [-0.1, -0.05) is 72.8 Å². The summed E-state index contributed by atoms with van der Waals surface area (Å²) in [6, 6.07) is 38.8. The molecule has 0 radical (unpaired) electrons. The van der Waals surface area contributed by atoms with Crippen LogP contribution in [0, 0.1) is 0 Å². The molecule has 0 bridgehead atoms. The van der Waals surface area contributed by atoms with Crippen LogP contribution < -0.4 is 0 Å². The smallest absolute Gasteiger partial charge is 0.227 e. The SMILES string of the molecule is c1cc(-c2ccc3c(c2)oc2nc4ccncc4cc23)cc(-c2c3ccccc3cc3ccccc23)c1. The molecule has 0 atom stereocenters. The van der Waals surface area contributed by atoms with Crippen molar-refractivity contribution in [3.05, 3.63) is 122 Å². The molecule has 3 heterocycles. The first-order chi connectivity index (χ1) is 18.3. The molecule has 3 nitrogen and oxygen atoms in total. The second-order valence-corrected chi connectivity index (χ2v) is 9.50. The van der Waals surface area contributed by atoms with Crippen LogP contribution in [-0.4, -0.2) is 9.97 Å². The number of benzene rings is 5. The van der Waals surface area contributed by atoms with Gasteiger partial charge in [0.15, 0.2) is 0 Å². The highest BCUT2D eigenvalue weighted by molar-refractivity contribution is 6.13. The van der Waals surface area contributed by atoms with Crippen LogP contribution >= 0.6 is 0 Å². The molecule has 0 N–H and O–H groups in total. The maximum absolute atomic E-state index is 6.22. The molecule has 172 valence electrons. The molecule has 0 saturated heterocycles. The largest absolute Gasteiger partial charge is 0.438 e. The lowest BCUT2D eigenvalue weighted by Crippen LogP contribution is -1.86. The maximum Gasteiger partial charge on any atom is 0.227 e. The lowest BCUT2D eigenvalue weighted by atomic mass is 9.90. The molecular weight excluding hydrogens is 452 g/mol. The van der Waals surface area contributed by atoms with Gasteiger partial charge in [-0.3, -0.25) is 4.98 Å². The van der Waals surface area contributed by atoms with Crippen molar-refractivity contribution in [1.82, 2.24) is 9.97 Å². The summed E-state index contributed by atoms with van der Waals surface area (Å²) < 4.78 is 6.22. The molecule has 3 heteroatoms. The molecule has 0 unspecified atom stereocenters. The number of pyridine rings is 2. The van der Waals surface area contributed by atoms with Crippen LogP contribution in [0.1, 0.15) is 0 Å². The first kappa shape index (κ1) is 20.2. The molecule has 8 rings (SSSR count). The lowest BCUT2D eigenvalue weighted by molar-refractivity contribution is 0.656.